The number of rotatable bonds is 10. The molecule has 3 atom stereocenters. The second-order valence-corrected chi connectivity index (χ2v) is 10.6. The highest BCUT2D eigenvalue weighted by Crippen LogP contribution is 2.21. The van der Waals surface area contributed by atoms with Crippen molar-refractivity contribution in [2.45, 2.75) is 58.7 Å². The van der Waals surface area contributed by atoms with E-state index in [9.17, 15) is 13.2 Å². The molecule has 3 N–H and O–H groups in total. The zero-order valence-corrected chi connectivity index (χ0v) is 20.4. The topological polar surface area (TPSA) is 96.5 Å². The van der Waals surface area contributed by atoms with Crippen LogP contribution in [-0.4, -0.2) is 44.9 Å². The van der Waals surface area contributed by atoms with E-state index < -0.39 is 21.7 Å². The second kappa shape index (κ2) is 11.2. The Labute approximate surface area is 186 Å². The SMILES string of the molecule is C=C(C[C@@H](NC)[C@H](C)C(CS)NC(=O)Oc1ccc(C)cc1)S(=O)(=O)NC(C)(C)C. The molecular formula is C21H35N3O4S2. The molecule has 0 fully saturated rings. The van der Waals surface area contributed by atoms with E-state index in [1.165, 1.54) is 0 Å². The molecule has 170 valence electrons. The lowest BCUT2D eigenvalue weighted by atomic mass is 9.92. The van der Waals surface area contributed by atoms with Gasteiger partial charge in [-0.05, 0) is 59.2 Å². The van der Waals surface area contributed by atoms with Crippen molar-refractivity contribution >= 4 is 28.7 Å². The number of hydrogen-bond donors (Lipinski definition) is 4. The van der Waals surface area contributed by atoms with E-state index in [1.54, 1.807) is 40.0 Å². The molecule has 0 aromatic heterocycles. The van der Waals surface area contributed by atoms with Crippen molar-refractivity contribution in [1.82, 2.24) is 15.4 Å². The molecule has 0 radical (unpaired) electrons. The Hall–Kier alpha value is -1.55. The van der Waals surface area contributed by atoms with E-state index in [0.29, 0.717) is 11.5 Å². The maximum Gasteiger partial charge on any atom is 0.412 e. The molecule has 1 aromatic carbocycles. The summed E-state index contributed by atoms with van der Waals surface area (Å²) in [5.74, 6) is 0.670. The Balaban J connectivity index is 2.79. The lowest BCUT2D eigenvalue weighted by Gasteiger charge is -2.31. The van der Waals surface area contributed by atoms with Gasteiger partial charge in [0.25, 0.3) is 0 Å². The number of carbonyl (C=O) groups excluding carboxylic acids is 1. The first-order valence-corrected chi connectivity index (χ1v) is 12.0. The molecule has 0 aliphatic carbocycles. The van der Waals surface area contributed by atoms with Gasteiger partial charge in [-0.25, -0.2) is 17.9 Å². The average molecular weight is 458 g/mol. The smallest absolute Gasteiger partial charge is 0.410 e. The molecule has 0 spiro atoms. The van der Waals surface area contributed by atoms with Crippen LogP contribution >= 0.6 is 12.6 Å². The van der Waals surface area contributed by atoms with E-state index in [-0.39, 0.29) is 29.3 Å². The average Bonchev–Trinajstić information content (AvgIpc) is 2.63. The number of nitrogens with one attached hydrogen (secondary N) is 3. The van der Waals surface area contributed by atoms with Crippen LogP contribution in [0, 0.1) is 12.8 Å². The monoisotopic (exact) mass is 457 g/mol. The van der Waals surface area contributed by atoms with Crippen LogP contribution in [0.1, 0.15) is 39.7 Å². The summed E-state index contributed by atoms with van der Waals surface area (Å²) in [6.07, 6.45) is -0.386. The summed E-state index contributed by atoms with van der Waals surface area (Å²) in [5.41, 5.74) is 0.467. The summed E-state index contributed by atoms with van der Waals surface area (Å²) in [6, 6.07) is 6.58. The number of sulfonamides is 1. The predicted octanol–water partition coefficient (Wildman–Crippen LogP) is 3.23. The number of aryl methyl sites for hydroxylation is 1. The molecule has 1 amide bonds. The summed E-state index contributed by atoms with van der Waals surface area (Å²) in [7, 11) is -1.92. The number of ether oxygens (including phenoxy) is 1. The Morgan fingerprint density at radius 1 is 1.20 bits per heavy atom. The van der Waals surface area contributed by atoms with Crippen molar-refractivity contribution in [3.63, 3.8) is 0 Å². The van der Waals surface area contributed by atoms with Crippen molar-refractivity contribution in [3.05, 3.63) is 41.3 Å². The van der Waals surface area contributed by atoms with E-state index in [0.717, 1.165) is 5.56 Å². The first kappa shape index (κ1) is 26.5. The lowest BCUT2D eigenvalue weighted by molar-refractivity contribution is 0.190. The molecule has 0 heterocycles. The molecular weight excluding hydrogens is 422 g/mol. The van der Waals surface area contributed by atoms with Crippen molar-refractivity contribution in [2.24, 2.45) is 5.92 Å². The van der Waals surface area contributed by atoms with Crippen LogP contribution in [0.2, 0.25) is 0 Å². The van der Waals surface area contributed by atoms with E-state index >= 15 is 0 Å². The fourth-order valence-corrected chi connectivity index (χ4v) is 4.67. The van der Waals surface area contributed by atoms with Crippen molar-refractivity contribution in [3.8, 4) is 5.75 Å². The number of hydrogen-bond acceptors (Lipinski definition) is 6. The summed E-state index contributed by atoms with van der Waals surface area (Å²) in [6.45, 7) is 13.0. The summed E-state index contributed by atoms with van der Waals surface area (Å²) < 4.78 is 33.0. The molecule has 0 bridgehead atoms. The molecule has 1 aromatic rings. The van der Waals surface area contributed by atoms with Crippen LogP contribution in [0.3, 0.4) is 0 Å². The van der Waals surface area contributed by atoms with Gasteiger partial charge in [0.05, 0.1) is 4.91 Å². The van der Waals surface area contributed by atoms with Gasteiger partial charge in [0.1, 0.15) is 5.75 Å². The zero-order chi connectivity index (χ0) is 23.1. The third-order valence-electron chi connectivity index (χ3n) is 4.64. The van der Waals surface area contributed by atoms with Gasteiger partial charge in [-0.15, -0.1) is 0 Å². The zero-order valence-electron chi connectivity index (χ0n) is 18.7. The molecule has 1 rings (SSSR count). The van der Waals surface area contributed by atoms with Gasteiger partial charge >= 0.3 is 6.09 Å². The quantitative estimate of drug-likeness (QED) is 0.405. The molecule has 0 saturated heterocycles. The second-order valence-electron chi connectivity index (χ2n) is 8.49. The van der Waals surface area contributed by atoms with Crippen molar-refractivity contribution < 1.29 is 17.9 Å². The summed E-state index contributed by atoms with van der Waals surface area (Å²) in [5, 5.41) is 5.95. The highest BCUT2D eigenvalue weighted by molar-refractivity contribution is 7.93. The third-order valence-corrected chi connectivity index (χ3v) is 6.84. The number of thiol groups is 1. The molecule has 0 saturated carbocycles. The van der Waals surface area contributed by atoms with Gasteiger partial charge in [-0.3, -0.25) is 0 Å². The molecule has 9 heteroatoms. The lowest BCUT2D eigenvalue weighted by Crippen LogP contribution is -2.49. The number of amides is 1. The largest absolute Gasteiger partial charge is 0.412 e. The standard InChI is InChI=1S/C21H35N3O4S2/c1-14-8-10-17(11-9-14)28-20(25)23-19(13-29)16(3)18(22-7)12-15(2)30(26,27)24-21(4,5)6/h8-11,16,18-19,22,24,29H,2,12-13H2,1,3-7H3,(H,23,25)/t16-,18+,19?/m0/s1. The van der Waals surface area contributed by atoms with E-state index in [2.05, 4.69) is 34.6 Å². The van der Waals surface area contributed by atoms with Crippen LogP contribution in [0.25, 0.3) is 0 Å². The Morgan fingerprint density at radius 2 is 1.77 bits per heavy atom. The van der Waals surface area contributed by atoms with Crippen LogP contribution < -0.4 is 20.1 Å². The molecule has 7 nitrogen and oxygen atoms in total. The van der Waals surface area contributed by atoms with E-state index in [1.807, 2.05) is 26.0 Å². The van der Waals surface area contributed by atoms with Gasteiger partial charge < -0.3 is 15.4 Å². The fourth-order valence-electron chi connectivity index (χ4n) is 2.90. The maximum absolute atomic E-state index is 12.5. The van der Waals surface area contributed by atoms with Crippen LogP contribution in [0.15, 0.2) is 35.7 Å². The fraction of sp³-hybridized carbons (Fsp3) is 0.571. The van der Waals surface area contributed by atoms with Crippen LogP contribution in [0.5, 0.6) is 5.75 Å². The Kier molecular flexibility index (Phi) is 9.87. The van der Waals surface area contributed by atoms with Gasteiger partial charge in [-0.1, -0.05) is 31.2 Å². The van der Waals surface area contributed by atoms with E-state index in [4.69, 9.17) is 4.74 Å². The van der Waals surface area contributed by atoms with Gasteiger partial charge in [0, 0.05) is 23.4 Å². The summed E-state index contributed by atoms with van der Waals surface area (Å²) >= 11 is 4.36. The Morgan fingerprint density at radius 3 is 2.23 bits per heavy atom. The summed E-state index contributed by atoms with van der Waals surface area (Å²) in [4.78, 5) is 12.4. The first-order valence-electron chi connectivity index (χ1n) is 9.84. The van der Waals surface area contributed by atoms with Crippen molar-refractivity contribution in [1.29, 1.82) is 0 Å². The minimum Gasteiger partial charge on any atom is -0.410 e. The first-order chi connectivity index (χ1) is 13.8. The predicted molar refractivity (Wildman–Crippen MR) is 126 cm³/mol. The highest BCUT2D eigenvalue weighted by Gasteiger charge is 2.30. The molecule has 0 aliphatic heterocycles. The Bertz CT molecular complexity index is 818. The minimum absolute atomic E-state index is 0.0868. The minimum atomic E-state index is -3.67. The maximum atomic E-state index is 12.5. The normalized spacial score (nSPS) is 15.2. The highest BCUT2D eigenvalue weighted by atomic mass is 32.2. The number of benzene rings is 1. The third kappa shape index (κ3) is 8.67. The van der Waals surface area contributed by atoms with Crippen LogP contribution in [0.4, 0.5) is 4.79 Å². The molecule has 30 heavy (non-hydrogen) atoms. The number of carbonyl (C=O) groups is 1. The molecule has 0 aliphatic rings. The molecule has 1 unspecified atom stereocenters. The van der Waals surface area contributed by atoms with Gasteiger partial charge in [-0.2, -0.15) is 12.6 Å². The van der Waals surface area contributed by atoms with Crippen LogP contribution in [-0.2, 0) is 10.0 Å². The van der Waals surface area contributed by atoms with Crippen molar-refractivity contribution in [2.75, 3.05) is 12.8 Å². The van der Waals surface area contributed by atoms with Gasteiger partial charge in [0.15, 0.2) is 0 Å². The van der Waals surface area contributed by atoms with Gasteiger partial charge in [0.2, 0.25) is 10.0 Å².